The Morgan fingerprint density at radius 2 is 1.63 bits per heavy atom. The van der Waals surface area contributed by atoms with Crippen molar-refractivity contribution in [2.75, 3.05) is 26.5 Å². The summed E-state index contributed by atoms with van der Waals surface area (Å²) in [6.07, 6.45) is 0. The summed E-state index contributed by atoms with van der Waals surface area (Å²) in [5, 5.41) is 3.16. The molecule has 0 fully saturated rings. The number of anilines is 1. The molecule has 0 saturated carbocycles. The van der Waals surface area contributed by atoms with Crippen molar-refractivity contribution in [3.05, 3.63) is 65.2 Å². The van der Waals surface area contributed by atoms with E-state index < -0.39 is 0 Å². The number of aryl methyl sites for hydroxylation is 1. The molecule has 0 aliphatic rings. The molecular weight excluding hydrogens is 232 g/mol. The molecule has 2 aromatic carbocycles. The van der Waals surface area contributed by atoms with Gasteiger partial charge in [0.1, 0.15) is 0 Å². The Morgan fingerprint density at radius 1 is 0.947 bits per heavy atom. The van der Waals surface area contributed by atoms with Crippen molar-refractivity contribution in [1.82, 2.24) is 4.90 Å². The van der Waals surface area contributed by atoms with Gasteiger partial charge in [-0.15, -0.1) is 0 Å². The fourth-order valence-electron chi connectivity index (χ4n) is 2.46. The summed E-state index contributed by atoms with van der Waals surface area (Å²) >= 11 is 0. The molecule has 1 N–H and O–H groups in total. The maximum Gasteiger partial charge on any atom is 0.0596 e. The highest BCUT2D eigenvalue weighted by Gasteiger charge is 2.16. The first-order valence-corrected chi connectivity index (χ1v) is 6.62. The lowest BCUT2D eigenvalue weighted by molar-refractivity contribution is 0.342. The normalized spacial score (nSPS) is 12.5. The van der Waals surface area contributed by atoms with Crippen LogP contribution in [0.15, 0.2) is 48.5 Å². The first-order valence-electron chi connectivity index (χ1n) is 6.62. The fourth-order valence-corrected chi connectivity index (χ4v) is 2.46. The SMILES string of the molecule is CNc1ccc(C(c2cccc(C)c2)N(C)C)cc1. The second kappa shape index (κ2) is 5.89. The van der Waals surface area contributed by atoms with Gasteiger partial charge in [-0.25, -0.2) is 0 Å². The van der Waals surface area contributed by atoms with Crippen LogP contribution in [0.3, 0.4) is 0 Å². The van der Waals surface area contributed by atoms with E-state index in [2.05, 4.69) is 79.8 Å². The van der Waals surface area contributed by atoms with Gasteiger partial charge in [-0.1, -0.05) is 42.0 Å². The van der Waals surface area contributed by atoms with Gasteiger partial charge in [0, 0.05) is 12.7 Å². The average Bonchev–Trinajstić information content (AvgIpc) is 2.39. The fraction of sp³-hybridized carbons (Fsp3) is 0.294. The zero-order chi connectivity index (χ0) is 13.8. The van der Waals surface area contributed by atoms with Gasteiger partial charge >= 0.3 is 0 Å². The highest BCUT2D eigenvalue weighted by molar-refractivity contribution is 5.46. The molecular formula is C17H22N2. The summed E-state index contributed by atoms with van der Waals surface area (Å²) < 4.78 is 0. The second-order valence-corrected chi connectivity index (χ2v) is 5.15. The number of benzene rings is 2. The van der Waals surface area contributed by atoms with Crippen LogP contribution in [0.1, 0.15) is 22.7 Å². The molecule has 2 aromatic rings. The Morgan fingerprint density at radius 3 is 2.16 bits per heavy atom. The van der Waals surface area contributed by atoms with Crippen LogP contribution in [-0.2, 0) is 0 Å². The van der Waals surface area contributed by atoms with Crippen molar-refractivity contribution < 1.29 is 0 Å². The molecule has 0 aliphatic carbocycles. The number of hydrogen-bond donors (Lipinski definition) is 1. The maximum absolute atomic E-state index is 3.16. The van der Waals surface area contributed by atoms with Gasteiger partial charge in [-0.3, -0.25) is 4.90 Å². The van der Waals surface area contributed by atoms with Gasteiger partial charge in [0.05, 0.1) is 6.04 Å². The molecule has 2 heteroatoms. The predicted octanol–water partition coefficient (Wildman–Crippen LogP) is 3.69. The van der Waals surface area contributed by atoms with Gasteiger partial charge in [-0.2, -0.15) is 0 Å². The lowest BCUT2D eigenvalue weighted by Crippen LogP contribution is -2.21. The second-order valence-electron chi connectivity index (χ2n) is 5.15. The highest BCUT2D eigenvalue weighted by atomic mass is 15.1. The summed E-state index contributed by atoms with van der Waals surface area (Å²) in [5.74, 6) is 0. The Kier molecular flexibility index (Phi) is 4.23. The van der Waals surface area contributed by atoms with Crippen molar-refractivity contribution in [2.45, 2.75) is 13.0 Å². The minimum Gasteiger partial charge on any atom is -0.388 e. The van der Waals surface area contributed by atoms with E-state index >= 15 is 0 Å². The zero-order valence-electron chi connectivity index (χ0n) is 12.1. The van der Waals surface area contributed by atoms with Crippen molar-refractivity contribution in [3.63, 3.8) is 0 Å². The van der Waals surface area contributed by atoms with Gasteiger partial charge in [-0.05, 0) is 44.3 Å². The molecule has 0 saturated heterocycles. The number of nitrogens with zero attached hydrogens (tertiary/aromatic N) is 1. The third kappa shape index (κ3) is 3.15. The maximum atomic E-state index is 3.16. The molecule has 0 radical (unpaired) electrons. The lowest BCUT2D eigenvalue weighted by atomic mass is 9.96. The zero-order valence-corrected chi connectivity index (χ0v) is 12.1. The largest absolute Gasteiger partial charge is 0.388 e. The van der Waals surface area contributed by atoms with Crippen LogP contribution in [0.25, 0.3) is 0 Å². The molecule has 100 valence electrons. The van der Waals surface area contributed by atoms with E-state index in [4.69, 9.17) is 0 Å². The van der Waals surface area contributed by atoms with Crippen LogP contribution in [0.2, 0.25) is 0 Å². The van der Waals surface area contributed by atoms with Crippen molar-refractivity contribution >= 4 is 5.69 Å². The number of hydrogen-bond acceptors (Lipinski definition) is 2. The molecule has 2 nitrogen and oxygen atoms in total. The molecule has 0 amide bonds. The summed E-state index contributed by atoms with van der Waals surface area (Å²) in [4.78, 5) is 2.25. The van der Waals surface area contributed by atoms with E-state index in [9.17, 15) is 0 Å². The van der Waals surface area contributed by atoms with Crippen molar-refractivity contribution in [1.29, 1.82) is 0 Å². The van der Waals surface area contributed by atoms with Crippen LogP contribution in [-0.4, -0.2) is 26.0 Å². The van der Waals surface area contributed by atoms with E-state index in [1.165, 1.54) is 16.7 Å². The molecule has 0 bridgehead atoms. The Hall–Kier alpha value is -1.80. The molecule has 19 heavy (non-hydrogen) atoms. The summed E-state index contributed by atoms with van der Waals surface area (Å²) in [7, 11) is 6.19. The van der Waals surface area contributed by atoms with Gasteiger partial charge < -0.3 is 5.32 Å². The standard InChI is InChI=1S/C17H22N2/c1-13-6-5-7-15(12-13)17(19(3)4)14-8-10-16(18-2)11-9-14/h5-12,17-18H,1-4H3. The van der Waals surface area contributed by atoms with Crippen molar-refractivity contribution in [2.24, 2.45) is 0 Å². The first-order chi connectivity index (χ1) is 9.11. The average molecular weight is 254 g/mol. The molecule has 2 rings (SSSR count). The highest BCUT2D eigenvalue weighted by Crippen LogP contribution is 2.28. The Balaban J connectivity index is 2.39. The van der Waals surface area contributed by atoms with Gasteiger partial charge in [0.2, 0.25) is 0 Å². The molecule has 0 aromatic heterocycles. The minimum absolute atomic E-state index is 0.297. The smallest absolute Gasteiger partial charge is 0.0596 e. The monoisotopic (exact) mass is 254 g/mol. The minimum atomic E-state index is 0.297. The van der Waals surface area contributed by atoms with E-state index in [0.29, 0.717) is 6.04 Å². The first kappa shape index (κ1) is 13.6. The lowest BCUT2D eigenvalue weighted by Gasteiger charge is -2.26. The quantitative estimate of drug-likeness (QED) is 0.895. The Labute approximate surface area is 116 Å². The number of nitrogens with one attached hydrogen (secondary N) is 1. The van der Waals surface area contributed by atoms with Crippen LogP contribution >= 0.6 is 0 Å². The van der Waals surface area contributed by atoms with Crippen LogP contribution < -0.4 is 5.32 Å². The topological polar surface area (TPSA) is 15.3 Å². The number of rotatable bonds is 4. The third-order valence-electron chi connectivity index (χ3n) is 3.39. The van der Waals surface area contributed by atoms with Crippen LogP contribution in [0, 0.1) is 6.92 Å². The third-order valence-corrected chi connectivity index (χ3v) is 3.39. The predicted molar refractivity (Wildman–Crippen MR) is 82.7 cm³/mol. The van der Waals surface area contributed by atoms with E-state index in [0.717, 1.165) is 5.69 Å². The molecule has 0 heterocycles. The summed E-state index contributed by atoms with van der Waals surface area (Å²) in [5.41, 5.74) is 5.10. The van der Waals surface area contributed by atoms with E-state index in [1.54, 1.807) is 0 Å². The van der Waals surface area contributed by atoms with Crippen molar-refractivity contribution in [3.8, 4) is 0 Å². The van der Waals surface area contributed by atoms with E-state index in [-0.39, 0.29) is 0 Å². The van der Waals surface area contributed by atoms with Crippen LogP contribution in [0.5, 0.6) is 0 Å². The Bertz CT molecular complexity index is 529. The van der Waals surface area contributed by atoms with E-state index in [1.807, 2.05) is 7.05 Å². The van der Waals surface area contributed by atoms with Crippen LogP contribution in [0.4, 0.5) is 5.69 Å². The molecule has 1 atom stereocenters. The van der Waals surface area contributed by atoms with Gasteiger partial charge in [0.25, 0.3) is 0 Å². The summed E-state index contributed by atoms with van der Waals surface area (Å²) in [6.45, 7) is 2.14. The molecule has 1 unspecified atom stereocenters. The summed E-state index contributed by atoms with van der Waals surface area (Å²) in [6, 6.07) is 17.7. The molecule has 0 spiro atoms. The molecule has 0 aliphatic heterocycles. The van der Waals surface area contributed by atoms with Gasteiger partial charge in [0.15, 0.2) is 0 Å².